The van der Waals surface area contributed by atoms with Gasteiger partial charge in [-0.15, -0.1) is 0 Å². The summed E-state index contributed by atoms with van der Waals surface area (Å²) in [5.41, 5.74) is 4.79. The Bertz CT molecular complexity index is 1090. The maximum absolute atomic E-state index is 12.8. The number of pyridine rings is 1. The third-order valence-electron chi connectivity index (χ3n) is 5.07. The summed E-state index contributed by atoms with van der Waals surface area (Å²) in [4.78, 5) is 29.9. The number of hydrogen-bond acceptors (Lipinski definition) is 4. The van der Waals surface area contributed by atoms with Crippen molar-refractivity contribution < 1.29 is 14.3 Å². The average molecular weight is 405 g/mol. The van der Waals surface area contributed by atoms with Crippen molar-refractivity contribution in [2.24, 2.45) is 0 Å². The van der Waals surface area contributed by atoms with Crippen LogP contribution < -0.4 is 5.32 Å². The Morgan fingerprint density at radius 3 is 2.43 bits per heavy atom. The summed E-state index contributed by atoms with van der Waals surface area (Å²) < 4.78 is 5.37. The smallest absolute Gasteiger partial charge is 0.339 e. The minimum Gasteiger partial charge on any atom is -0.452 e. The van der Waals surface area contributed by atoms with E-state index in [1.165, 1.54) is 0 Å². The van der Waals surface area contributed by atoms with Gasteiger partial charge in [0.05, 0.1) is 11.1 Å². The first-order chi connectivity index (χ1) is 14.3. The van der Waals surface area contributed by atoms with Gasteiger partial charge in [-0.2, -0.15) is 0 Å². The molecule has 0 aliphatic rings. The number of carbonyl (C=O) groups excluding carboxylic acids is 2. The van der Waals surface area contributed by atoms with Crippen molar-refractivity contribution in [3.8, 4) is 0 Å². The molecule has 156 valence electrons. The number of amides is 1. The molecule has 0 atom stereocenters. The van der Waals surface area contributed by atoms with Crippen molar-refractivity contribution in [1.82, 2.24) is 4.98 Å². The molecule has 1 amide bonds. The molecule has 30 heavy (non-hydrogen) atoms. The molecular weight excluding hydrogens is 376 g/mol. The predicted molar refractivity (Wildman–Crippen MR) is 120 cm³/mol. The van der Waals surface area contributed by atoms with Crippen LogP contribution >= 0.6 is 0 Å². The van der Waals surface area contributed by atoms with E-state index in [4.69, 9.17) is 4.74 Å². The highest BCUT2D eigenvalue weighted by atomic mass is 16.5. The summed E-state index contributed by atoms with van der Waals surface area (Å²) in [6.07, 6.45) is 0. The third-order valence-corrected chi connectivity index (χ3v) is 5.07. The Kier molecular flexibility index (Phi) is 6.50. The van der Waals surface area contributed by atoms with E-state index in [1.807, 2.05) is 63.2 Å². The van der Waals surface area contributed by atoms with Crippen LogP contribution in [0.15, 0.2) is 48.5 Å². The van der Waals surface area contributed by atoms with Crippen LogP contribution in [0.1, 0.15) is 66.7 Å². The van der Waals surface area contributed by atoms with Crippen LogP contribution in [0.25, 0.3) is 10.9 Å². The molecule has 3 aromatic rings. The first-order valence-corrected chi connectivity index (χ1v) is 10.2. The van der Waals surface area contributed by atoms with Crippen LogP contribution in [-0.4, -0.2) is 23.5 Å². The SMILES string of the molecule is Cc1cccc(C(C)C)c1NC(=O)COC(=O)c1cc(C(C)C)nc2ccccc12. The van der Waals surface area contributed by atoms with Crippen LogP contribution in [0.3, 0.4) is 0 Å². The largest absolute Gasteiger partial charge is 0.452 e. The maximum Gasteiger partial charge on any atom is 0.339 e. The van der Waals surface area contributed by atoms with Gasteiger partial charge in [0, 0.05) is 16.8 Å². The van der Waals surface area contributed by atoms with Gasteiger partial charge >= 0.3 is 5.97 Å². The van der Waals surface area contributed by atoms with Crippen molar-refractivity contribution in [3.05, 3.63) is 70.9 Å². The Morgan fingerprint density at radius 1 is 1.00 bits per heavy atom. The fourth-order valence-corrected chi connectivity index (χ4v) is 3.39. The lowest BCUT2D eigenvalue weighted by atomic mass is 9.98. The molecule has 0 unspecified atom stereocenters. The predicted octanol–water partition coefficient (Wildman–Crippen LogP) is 5.59. The van der Waals surface area contributed by atoms with E-state index in [9.17, 15) is 9.59 Å². The minimum atomic E-state index is -0.528. The Balaban J connectivity index is 1.78. The maximum atomic E-state index is 12.8. The van der Waals surface area contributed by atoms with Crippen molar-refractivity contribution in [2.45, 2.75) is 46.5 Å². The molecule has 0 radical (unpaired) electrons. The molecule has 0 aliphatic heterocycles. The molecular formula is C25H28N2O3. The average Bonchev–Trinajstić information content (AvgIpc) is 2.72. The van der Waals surface area contributed by atoms with E-state index in [0.717, 1.165) is 28.0 Å². The molecule has 1 heterocycles. The van der Waals surface area contributed by atoms with Gasteiger partial charge in [0.1, 0.15) is 0 Å². The second-order valence-electron chi connectivity index (χ2n) is 8.08. The molecule has 0 saturated carbocycles. The van der Waals surface area contributed by atoms with E-state index >= 15 is 0 Å². The summed E-state index contributed by atoms with van der Waals surface area (Å²) >= 11 is 0. The summed E-state index contributed by atoms with van der Waals surface area (Å²) in [5.74, 6) is -0.457. The number of carbonyl (C=O) groups is 2. The molecule has 0 fully saturated rings. The van der Waals surface area contributed by atoms with Gasteiger partial charge in [-0.1, -0.05) is 64.1 Å². The molecule has 0 bridgehead atoms. The second-order valence-corrected chi connectivity index (χ2v) is 8.08. The molecule has 0 saturated heterocycles. The molecule has 0 spiro atoms. The van der Waals surface area contributed by atoms with Gasteiger partial charge in [0.25, 0.3) is 5.91 Å². The Hall–Kier alpha value is -3.21. The van der Waals surface area contributed by atoms with E-state index in [-0.39, 0.29) is 24.3 Å². The number of benzene rings is 2. The van der Waals surface area contributed by atoms with E-state index < -0.39 is 5.97 Å². The number of nitrogens with one attached hydrogen (secondary N) is 1. The lowest BCUT2D eigenvalue weighted by Gasteiger charge is -2.16. The lowest BCUT2D eigenvalue weighted by molar-refractivity contribution is -0.119. The zero-order chi connectivity index (χ0) is 21.8. The summed E-state index contributed by atoms with van der Waals surface area (Å²) in [7, 11) is 0. The highest BCUT2D eigenvalue weighted by Crippen LogP contribution is 2.27. The van der Waals surface area contributed by atoms with Crippen molar-refractivity contribution in [3.63, 3.8) is 0 Å². The topological polar surface area (TPSA) is 68.3 Å². The van der Waals surface area contributed by atoms with Crippen LogP contribution in [-0.2, 0) is 9.53 Å². The number of ether oxygens (including phenoxy) is 1. The standard InChI is InChI=1S/C25H28N2O3/c1-15(2)18-11-8-9-17(5)24(18)27-23(28)14-30-25(29)20-13-22(16(3)4)26-21-12-7-6-10-19(20)21/h6-13,15-16H,14H2,1-5H3,(H,27,28). The molecule has 1 aromatic heterocycles. The highest BCUT2D eigenvalue weighted by Gasteiger charge is 2.18. The van der Waals surface area contributed by atoms with Gasteiger partial charge in [0.15, 0.2) is 6.61 Å². The number of para-hydroxylation sites is 2. The number of nitrogens with zero attached hydrogens (tertiary/aromatic N) is 1. The molecule has 1 N–H and O–H groups in total. The van der Waals surface area contributed by atoms with Crippen LogP contribution in [0.5, 0.6) is 0 Å². The van der Waals surface area contributed by atoms with Crippen molar-refractivity contribution in [1.29, 1.82) is 0 Å². The second kappa shape index (κ2) is 9.08. The fourth-order valence-electron chi connectivity index (χ4n) is 3.39. The van der Waals surface area contributed by atoms with Gasteiger partial charge in [-0.05, 0) is 42.0 Å². The van der Waals surface area contributed by atoms with E-state index in [1.54, 1.807) is 6.07 Å². The van der Waals surface area contributed by atoms with Crippen LogP contribution in [0.4, 0.5) is 5.69 Å². The van der Waals surface area contributed by atoms with E-state index in [2.05, 4.69) is 24.1 Å². The fraction of sp³-hybridized carbons (Fsp3) is 0.320. The normalized spacial score (nSPS) is 11.2. The number of anilines is 1. The summed E-state index contributed by atoms with van der Waals surface area (Å²) in [6, 6.07) is 15.1. The number of esters is 1. The minimum absolute atomic E-state index is 0.167. The zero-order valence-electron chi connectivity index (χ0n) is 18.2. The van der Waals surface area contributed by atoms with Gasteiger partial charge in [-0.25, -0.2) is 4.79 Å². The first kappa shape index (κ1) is 21.5. The van der Waals surface area contributed by atoms with Crippen LogP contribution in [0, 0.1) is 6.92 Å². The van der Waals surface area contributed by atoms with Crippen LogP contribution in [0.2, 0.25) is 0 Å². The monoisotopic (exact) mass is 404 g/mol. The summed E-state index contributed by atoms with van der Waals surface area (Å²) in [5, 5.41) is 3.62. The van der Waals surface area contributed by atoms with Gasteiger partial charge in [0.2, 0.25) is 0 Å². The highest BCUT2D eigenvalue weighted by molar-refractivity contribution is 6.04. The molecule has 5 heteroatoms. The first-order valence-electron chi connectivity index (χ1n) is 10.2. The van der Waals surface area contributed by atoms with Gasteiger partial charge < -0.3 is 10.1 Å². The van der Waals surface area contributed by atoms with Crippen molar-refractivity contribution >= 4 is 28.5 Å². The number of rotatable bonds is 6. The number of aryl methyl sites for hydroxylation is 1. The Morgan fingerprint density at radius 2 is 1.73 bits per heavy atom. The lowest BCUT2D eigenvalue weighted by Crippen LogP contribution is -2.22. The number of fused-ring (bicyclic) bond motifs is 1. The van der Waals surface area contributed by atoms with Crippen molar-refractivity contribution in [2.75, 3.05) is 11.9 Å². The number of hydrogen-bond donors (Lipinski definition) is 1. The molecule has 3 rings (SSSR count). The molecule has 0 aliphatic carbocycles. The van der Waals surface area contributed by atoms with E-state index in [0.29, 0.717) is 10.9 Å². The summed E-state index contributed by atoms with van der Waals surface area (Å²) in [6.45, 7) is 9.79. The Labute approximate surface area is 177 Å². The molecule has 2 aromatic carbocycles. The number of aromatic nitrogens is 1. The zero-order valence-corrected chi connectivity index (χ0v) is 18.2. The quantitative estimate of drug-likeness (QED) is 0.544. The third kappa shape index (κ3) is 4.67. The van der Waals surface area contributed by atoms with Gasteiger partial charge in [-0.3, -0.25) is 9.78 Å². The molecule has 5 nitrogen and oxygen atoms in total.